The molecule has 1 amide bonds. The van der Waals surface area contributed by atoms with Crippen molar-refractivity contribution in [3.8, 4) is 6.07 Å². The number of nitrogens with zero attached hydrogens (tertiary/aromatic N) is 4. The number of rotatable bonds is 5. The number of aromatic amines is 1. The molecule has 7 nitrogen and oxygen atoms in total. The van der Waals surface area contributed by atoms with Gasteiger partial charge in [-0.15, -0.1) is 0 Å². The molecule has 0 unspecified atom stereocenters. The van der Waals surface area contributed by atoms with Gasteiger partial charge in [0.25, 0.3) is 5.91 Å². The van der Waals surface area contributed by atoms with E-state index in [9.17, 15) is 4.79 Å². The summed E-state index contributed by atoms with van der Waals surface area (Å²) in [6, 6.07) is 8.90. The summed E-state index contributed by atoms with van der Waals surface area (Å²) >= 11 is 0. The number of amides is 1. The van der Waals surface area contributed by atoms with Gasteiger partial charge in [0, 0.05) is 31.7 Å². The zero-order valence-corrected chi connectivity index (χ0v) is 14.7. The fourth-order valence-electron chi connectivity index (χ4n) is 3.82. The summed E-state index contributed by atoms with van der Waals surface area (Å²) in [5, 5.41) is 16.2. The second-order valence-electron chi connectivity index (χ2n) is 7.08. The number of carbonyl (C=O) groups is 1. The average molecular weight is 351 g/mol. The molecule has 0 spiro atoms. The molecule has 2 fully saturated rings. The molecular formula is C19H21N5O2. The summed E-state index contributed by atoms with van der Waals surface area (Å²) in [6.45, 7) is 1.77. The number of benzene rings is 1. The molecular weight excluding hydrogens is 330 g/mol. The first-order valence-electron chi connectivity index (χ1n) is 8.89. The molecule has 134 valence electrons. The van der Waals surface area contributed by atoms with Gasteiger partial charge in [-0.1, -0.05) is 0 Å². The molecule has 2 heterocycles. The molecule has 1 aromatic carbocycles. The van der Waals surface area contributed by atoms with E-state index in [0.717, 1.165) is 12.4 Å². The quantitative estimate of drug-likeness (QED) is 0.890. The minimum atomic E-state index is 0.00953. The summed E-state index contributed by atoms with van der Waals surface area (Å²) in [4.78, 5) is 19.4. The van der Waals surface area contributed by atoms with Crippen LogP contribution in [0.4, 0.5) is 0 Å². The van der Waals surface area contributed by atoms with Crippen LogP contribution in [0.15, 0.2) is 24.3 Å². The number of hydrogen-bond acceptors (Lipinski definition) is 5. The van der Waals surface area contributed by atoms with E-state index < -0.39 is 0 Å². The predicted octanol–water partition coefficient (Wildman–Crippen LogP) is 2.09. The second-order valence-corrected chi connectivity index (χ2v) is 7.08. The minimum Gasteiger partial charge on any atom is -0.377 e. The Bertz CT molecular complexity index is 834. The molecule has 2 atom stereocenters. The number of nitrogens with one attached hydrogen (secondary N) is 1. The number of methoxy groups -OCH3 is 1. The Hall–Kier alpha value is -2.72. The Morgan fingerprint density at radius 3 is 2.77 bits per heavy atom. The van der Waals surface area contributed by atoms with Crippen molar-refractivity contribution in [2.24, 2.45) is 11.8 Å². The van der Waals surface area contributed by atoms with Crippen LogP contribution in [0.2, 0.25) is 0 Å². The summed E-state index contributed by atoms with van der Waals surface area (Å²) in [5.74, 6) is 2.73. The van der Waals surface area contributed by atoms with Gasteiger partial charge in [-0.25, -0.2) is 4.98 Å². The van der Waals surface area contributed by atoms with Gasteiger partial charge in [-0.3, -0.25) is 9.89 Å². The van der Waals surface area contributed by atoms with Gasteiger partial charge in [-0.2, -0.15) is 10.4 Å². The lowest BCUT2D eigenvalue weighted by Crippen LogP contribution is -2.29. The summed E-state index contributed by atoms with van der Waals surface area (Å²) in [5.41, 5.74) is 1.18. The van der Waals surface area contributed by atoms with Crippen molar-refractivity contribution < 1.29 is 9.53 Å². The van der Waals surface area contributed by atoms with E-state index in [1.165, 1.54) is 12.8 Å². The molecule has 1 saturated carbocycles. The van der Waals surface area contributed by atoms with E-state index in [1.807, 2.05) is 4.90 Å². The maximum absolute atomic E-state index is 12.9. The van der Waals surface area contributed by atoms with Crippen LogP contribution >= 0.6 is 0 Å². The number of hydrogen-bond donors (Lipinski definition) is 1. The highest BCUT2D eigenvalue weighted by atomic mass is 16.5. The number of ether oxygens (including phenoxy) is 1. The molecule has 26 heavy (non-hydrogen) atoms. The molecule has 7 heteroatoms. The largest absolute Gasteiger partial charge is 0.377 e. The third-order valence-electron chi connectivity index (χ3n) is 5.30. The van der Waals surface area contributed by atoms with Crippen LogP contribution in [0.25, 0.3) is 0 Å². The Labute approximate surface area is 152 Å². The fourth-order valence-corrected chi connectivity index (χ4v) is 3.82. The molecule has 2 aromatic rings. The van der Waals surface area contributed by atoms with E-state index in [0.29, 0.717) is 41.9 Å². The normalized spacial score (nSPS) is 22.4. The third kappa shape index (κ3) is 3.20. The molecule has 1 aliphatic heterocycles. The van der Waals surface area contributed by atoms with Gasteiger partial charge in [0.1, 0.15) is 6.61 Å². The first-order valence-corrected chi connectivity index (χ1v) is 8.89. The lowest BCUT2D eigenvalue weighted by Gasteiger charge is -2.16. The Morgan fingerprint density at radius 1 is 1.35 bits per heavy atom. The van der Waals surface area contributed by atoms with Gasteiger partial charge >= 0.3 is 0 Å². The molecule has 1 aromatic heterocycles. The van der Waals surface area contributed by atoms with Crippen LogP contribution in [-0.4, -0.2) is 46.2 Å². The Kier molecular flexibility index (Phi) is 4.43. The van der Waals surface area contributed by atoms with E-state index in [1.54, 1.807) is 31.4 Å². The molecule has 0 radical (unpaired) electrons. The minimum absolute atomic E-state index is 0.00953. The molecule has 1 saturated heterocycles. The van der Waals surface area contributed by atoms with Crippen molar-refractivity contribution >= 4 is 5.91 Å². The lowest BCUT2D eigenvalue weighted by atomic mass is 9.91. The van der Waals surface area contributed by atoms with Crippen molar-refractivity contribution in [2.75, 3.05) is 20.2 Å². The first-order chi connectivity index (χ1) is 12.7. The van der Waals surface area contributed by atoms with Gasteiger partial charge in [-0.05, 0) is 48.9 Å². The van der Waals surface area contributed by atoms with Crippen molar-refractivity contribution in [2.45, 2.75) is 25.4 Å². The predicted molar refractivity (Wildman–Crippen MR) is 93.1 cm³/mol. The molecule has 2 aliphatic rings. The SMILES string of the molecule is COCc1nc([C@H]2CN(C(=O)c3ccc(C#N)cc3)C[C@@H]2C2CC2)n[nH]1. The van der Waals surface area contributed by atoms with Crippen molar-refractivity contribution in [1.29, 1.82) is 5.26 Å². The monoisotopic (exact) mass is 351 g/mol. The van der Waals surface area contributed by atoms with Gasteiger partial charge in [0.05, 0.1) is 11.6 Å². The maximum atomic E-state index is 12.9. The van der Waals surface area contributed by atoms with Gasteiger partial charge < -0.3 is 9.64 Å². The summed E-state index contributed by atoms with van der Waals surface area (Å²) in [7, 11) is 1.63. The van der Waals surface area contributed by atoms with Crippen molar-refractivity contribution in [1.82, 2.24) is 20.1 Å². The van der Waals surface area contributed by atoms with Crippen LogP contribution in [-0.2, 0) is 11.3 Å². The van der Waals surface area contributed by atoms with Gasteiger partial charge in [0.15, 0.2) is 11.6 Å². The zero-order valence-electron chi connectivity index (χ0n) is 14.7. The summed E-state index contributed by atoms with van der Waals surface area (Å²) < 4.78 is 5.11. The van der Waals surface area contributed by atoms with Crippen LogP contribution in [0.5, 0.6) is 0 Å². The molecule has 4 rings (SSSR count). The van der Waals surface area contributed by atoms with Crippen LogP contribution in [0, 0.1) is 23.2 Å². The zero-order chi connectivity index (χ0) is 18.1. The van der Waals surface area contributed by atoms with E-state index in [4.69, 9.17) is 10.00 Å². The molecule has 1 N–H and O–H groups in total. The van der Waals surface area contributed by atoms with Crippen LogP contribution in [0.1, 0.15) is 46.3 Å². The van der Waals surface area contributed by atoms with Crippen LogP contribution < -0.4 is 0 Å². The van der Waals surface area contributed by atoms with Gasteiger partial charge in [0.2, 0.25) is 0 Å². The van der Waals surface area contributed by atoms with E-state index in [-0.39, 0.29) is 11.8 Å². The smallest absolute Gasteiger partial charge is 0.253 e. The topological polar surface area (TPSA) is 94.9 Å². The highest BCUT2D eigenvalue weighted by Crippen LogP contribution is 2.47. The standard InChI is InChI=1S/C19H21N5O2/c1-26-11-17-21-18(23-22-17)16-10-24(9-15(16)13-6-7-13)19(25)14-4-2-12(8-20)3-5-14/h2-5,13,15-16H,6-7,9-11H2,1H3,(H,21,22,23)/t15-,16+/m1/s1. The highest BCUT2D eigenvalue weighted by molar-refractivity contribution is 5.94. The second kappa shape index (κ2) is 6.89. The Morgan fingerprint density at radius 2 is 2.12 bits per heavy atom. The third-order valence-corrected chi connectivity index (χ3v) is 5.30. The molecule has 1 aliphatic carbocycles. The Balaban J connectivity index is 1.53. The summed E-state index contributed by atoms with van der Waals surface area (Å²) in [6.07, 6.45) is 2.44. The first kappa shape index (κ1) is 16.7. The highest BCUT2D eigenvalue weighted by Gasteiger charge is 2.45. The number of carbonyl (C=O) groups excluding carboxylic acids is 1. The number of H-pyrrole nitrogens is 1. The van der Waals surface area contributed by atoms with E-state index >= 15 is 0 Å². The van der Waals surface area contributed by atoms with Crippen molar-refractivity contribution in [3.63, 3.8) is 0 Å². The number of likely N-dealkylation sites (tertiary alicyclic amines) is 1. The van der Waals surface area contributed by atoms with Crippen molar-refractivity contribution in [3.05, 3.63) is 47.0 Å². The number of nitriles is 1. The maximum Gasteiger partial charge on any atom is 0.253 e. The lowest BCUT2D eigenvalue weighted by molar-refractivity contribution is 0.0784. The fraction of sp³-hybridized carbons (Fsp3) is 0.474. The van der Waals surface area contributed by atoms with Crippen LogP contribution in [0.3, 0.4) is 0 Å². The average Bonchev–Trinajstić information content (AvgIpc) is 3.25. The van der Waals surface area contributed by atoms with E-state index in [2.05, 4.69) is 21.3 Å². The molecule has 0 bridgehead atoms. The number of aromatic nitrogens is 3.